The van der Waals surface area contributed by atoms with Crippen LogP contribution in [0.5, 0.6) is 0 Å². The number of carbonyl (C=O) groups excluding carboxylic acids is 2. The van der Waals surface area contributed by atoms with Gasteiger partial charge in [-0.2, -0.15) is 0 Å². The highest BCUT2D eigenvalue weighted by Gasteiger charge is 2.15. The third kappa shape index (κ3) is 5.30. The number of hydrogen-bond acceptors (Lipinski definition) is 4. The van der Waals surface area contributed by atoms with Crippen LogP contribution in [0.3, 0.4) is 0 Å². The van der Waals surface area contributed by atoms with Gasteiger partial charge in [0.05, 0.1) is 4.90 Å². The van der Waals surface area contributed by atoms with E-state index in [1.165, 1.54) is 31.2 Å². The Kier molecular flexibility index (Phi) is 5.96. The highest BCUT2D eigenvalue weighted by atomic mass is 32.2. The molecule has 0 aliphatic carbocycles. The van der Waals surface area contributed by atoms with Gasteiger partial charge in [0, 0.05) is 18.3 Å². The largest absolute Gasteiger partial charge is 0.334 e. The smallest absolute Gasteiger partial charge is 0.326 e. The zero-order chi connectivity index (χ0) is 19.3. The maximum absolute atomic E-state index is 12.2. The molecular formula is C17H20N4O4S. The van der Waals surface area contributed by atoms with Crippen molar-refractivity contribution in [3.63, 3.8) is 0 Å². The molecule has 2 aromatic rings. The van der Waals surface area contributed by atoms with Crippen LogP contribution in [0.1, 0.15) is 18.1 Å². The molecule has 0 atom stereocenters. The van der Waals surface area contributed by atoms with Gasteiger partial charge in [-0.25, -0.2) is 13.2 Å². The molecule has 0 radical (unpaired) electrons. The molecule has 0 saturated carbocycles. The summed E-state index contributed by atoms with van der Waals surface area (Å²) in [6.45, 7) is 5.12. The number of anilines is 2. The molecule has 4 N–H and O–H groups in total. The lowest BCUT2D eigenvalue weighted by molar-refractivity contribution is -0.114. The molecule has 0 fully saturated rings. The Morgan fingerprint density at radius 2 is 1.58 bits per heavy atom. The lowest BCUT2D eigenvalue weighted by Crippen LogP contribution is -2.43. The van der Waals surface area contributed by atoms with Crippen molar-refractivity contribution in [3.8, 4) is 0 Å². The van der Waals surface area contributed by atoms with Gasteiger partial charge in [-0.15, -0.1) is 4.83 Å². The Bertz CT molecular complexity index is 924. The molecule has 3 amide bonds. The van der Waals surface area contributed by atoms with Crippen LogP contribution in [0, 0.1) is 13.8 Å². The second-order valence-corrected chi connectivity index (χ2v) is 7.39. The molecule has 2 rings (SSSR count). The zero-order valence-electron chi connectivity index (χ0n) is 14.6. The minimum absolute atomic E-state index is 0.0570. The van der Waals surface area contributed by atoms with Crippen LogP contribution in [0.15, 0.2) is 47.4 Å². The van der Waals surface area contributed by atoms with Crippen molar-refractivity contribution in [2.24, 2.45) is 0 Å². The molecule has 0 aromatic heterocycles. The first-order valence-electron chi connectivity index (χ1n) is 7.71. The number of hydrazine groups is 1. The monoisotopic (exact) mass is 376 g/mol. The molecule has 0 saturated heterocycles. The lowest BCUT2D eigenvalue weighted by Gasteiger charge is -2.12. The number of rotatable bonds is 5. The summed E-state index contributed by atoms with van der Waals surface area (Å²) in [4.78, 5) is 24.8. The average molecular weight is 376 g/mol. The highest BCUT2D eigenvalue weighted by molar-refractivity contribution is 7.89. The van der Waals surface area contributed by atoms with Crippen LogP contribution in [-0.2, 0) is 14.8 Å². The molecule has 26 heavy (non-hydrogen) atoms. The van der Waals surface area contributed by atoms with Crippen molar-refractivity contribution >= 4 is 33.3 Å². The fourth-order valence-corrected chi connectivity index (χ4v) is 3.04. The number of hydrogen-bond donors (Lipinski definition) is 4. The molecular weight excluding hydrogens is 356 g/mol. The minimum Gasteiger partial charge on any atom is -0.326 e. The Hall–Kier alpha value is -2.91. The molecule has 9 heteroatoms. The average Bonchev–Trinajstić information content (AvgIpc) is 2.56. The number of urea groups is 1. The third-order valence-electron chi connectivity index (χ3n) is 3.41. The summed E-state index contributed by atoms with van der Waals surface area (Å²) in [7, 11) is -3.94. The van der Waals surface area contributed by atoms with Gasteiger partial charge >= 0.3 is 6.03 Å². The Morgan fingerprint density at radius 3 is 2.15 bits per heavy atom. The van der Waals surface area contributed by atoms with E-state index in [4.69, 9.17) is 0 Å². The van der Waals surface area contributed by atoms with Crippen LogP contribution in [-0.4, -0.2) is 20.4 Å². The van der Waals surface area contributed by atoms with E-state index in [1.54, 1.807) is 6.07 Å². The molecule has 138 valence electrons. The maximum atomic E-state index is 12.2. The topological polar surface area (TPSA) is 116 Å². The Balaban J connectivity index is 1.98. The van der Waals surface area contributed by atoms with Gasteiger partial charge in [0.2, 0.25) is 5.91 Å². The maximum Gasteiger partial charge on any atom is 0.334 e. The molecule has 8 nitrogen and oxygen atoms in total. The number of sulfonamides is 1. The summed E-state index contributed by atoms with van der Waals surface area (Å²) in [5.74, 6) is -0.261. The van der Waals surface area contributed by atoms with Crippen molar-refractivity contribution in [1.82, 2.24) is 10.3 Å². The highest BCUT2D eigenvalue weighted by Crippen LogP contribution is 2.16. The Morgan fingerprint density at radius 1 is 0.923 bits per heavy atom. The van der Waals surface area contributed by atoms with E-state index >= 15 is 0 Å². The van der Waals surface area contributed by atoms with Crippen LogP contribution >= 0.6 is 0 Å². The second-order valence-electron chi connectivity index (χ2n) is 5.71. The predicted octanol–water partition coefficient (Wildman–Crippen LogP) is 2.28. The molecule has 0 aliphatic rings. The molecule has 0 heterocycles. The van der Waals surface area contributed by atoms with E-state index in [1.807, 2.05) is 30.8 Å². The van der Waals surface area contributed by atoms with Gasteiger partial charge in [0.15, 0.2) is 0 Å². The van der Waals surface area contributed by atoms with Crippen molar-refractivity contribution in [1.29, 1.82) is 0 Å². The quantitative estimate of drug-likeness (QED) is 0.599. The van der Waals surface area contributed by atoms with Crippen LogP contribution in [0.4, 0.5) is 16.2 Å². The first kappa shape index (κ1) is 19.4. The molecule has 0 unspecified atom stereocenters. The molecule has 0 bridgehead atoms. The summed E-state index contributed by atoms with van der Waals surface area (Å²) in [5.41, 5.74) is 5.06. The number of nitrogens with one attached hydrogen (secondary N) is 4. The fourth-order valence-electron chi connectivity index (χ4n) is 2.20. The van der Waals surface area contributed by atoms with E-state index in [0.717, 1.165) is 11.1 Å². The van der Waals surface area contributed by atoms with Crippen LogP contribution in [0.2, 0.25) is 0 Å². The van der Waals surface area contributed by atoms with Crippen LogP contribution in [0.25, 0.3) is 0 Å². The van der Waals surface area contributed by atoms with Gasteiger partial charge in [0.25, 0.3) is 10.0 Å². The first-order valence-corrected chi connectivity index (χ1v) is 9.19. The van der Waals surface area contributed by atoms with Gasteiger partial charge in [0.1, 0.15) is 0 Å². The normalized spacial score (nSPS) is 10.9. The van der Waals surface area contributed by atoms with E-state index in [-0.39, 0.29) is 10.8 Å². The van der Waals surface area contributed by atoms with Crippen molar-refractivity contribution in [2.75, 3.05) is 10.6 Å². The predicted molar refractivity (Wildman–Crippen MR) is 99.1 cm³/mol. The summed E-state index contributed by atoms with van der Waals surface area (Å²) in [6, 6.07) is 10.3. The summed E-state index contributed by atoms with van der Waals surface area (Å²) >= 11 is 0. The summed E-state index contributed by atoms with van der Waals surface area (Å²) in [6.07, 6.45) is 0. The summed E-state index contributed by atoms with van der Waals surface area (Å²) < 4.78 is 24.4. The lowest BCUT2D eigenvalue weighted by atomic mass is 10.1. The Labute approximate surface area is 152 Å². The fraction of sp³-hybridized carbons (Fsp3) is 0.176. The number of aryl methyl sites for hydroxylation is 2. The van der Waals surface area contributed by atoms with Gasteiger partial charge in [-0.1, -0.05) is 17.7 Å². The minimum atomic E-state index is -3.94. The van der Waals surface area contributed by atoms with Gasteiger partial charge in [-0.05, 0) is 49.7 Å². The van der Waals surface area contributed by atoms with E-state index < -0.39 is 16.1 Å². The van der Waals surface area contributed by atoms with Crippen molar-refractivity contribution in [2.45, 2.75) is 25.7 Å². The zero-order valence-corrected chi connectivity index (χ0v) is 15.4. The SMILES string of the molecule is CC(=O)Nc1ccc(S(=O)(=O)NNC(=O)Nc2ccc(C)cc2C)cc1. The molecule has 2 aromatic carbocycles. The van der Waals surface area contributed by atoms with Gasteiger partial charge in [-0.3, -0.25) is 10.2 Å². The number of amides is 3. The van der Waals surface area contributed by atoms with Gasteiger partial charge < -0.3 is 10.6 Å². The summed E-state index contributed by atoms with van der Waals surface area (Å²) in [5, 5.41) is 5.10. The van der Waals surface area contributed by atoms with Crippen molar-refractivity contribution < 1.29 is 18.0 Å². The van der Waals surface area contributed by atoms with E-state index in [2.05, 4.69) is 16.1 Å². The van der Waals surface area contributed by atoms with E-state index in [9.17, 15) is 18.0 Å². The first-order chi connectivity index (χ1) is 12.2. The number of carbonyl (C=O) groups is 2. The van der Waals surface area contributed by atoms with Crippen LogP contribution < -0.4 is 20.9 Å². The number of benzene rings is 2. The molecule has 0 aliphatic heterocycles. The van der Waals surface area contributed by atoms with Crippen molar-refractivity contribution in [3.05, 3.63) is 53.6 Å². The molecule has 0 spiro atoms. The second kappa shape index (κ2) is 7.98. The third-order valence-corrected chi connectivity index (χ3v) is 4.68. The standard InChI is InChI=1S/C17H20N4O4S/c1-11-4-9-16(12(2)10-11)19-17(23)20-21-26(24,25)15-7-5-14(6-8-15)18-13(3)22/h4-10,21H,1-3H3,(H,18,22)(H2,19,20,23). The van der Waals surface area contributed by atoms with E-state index in [0.29, 0.717) is 11.4 Å².